The van der Waals surface area contributed by atoms with E-state index < -0.39 is 18.3 Å². The Hall–Kier alpha value is -0.470. The molecule has 0 radical (unpaired) electrons. The van der Waals surface area contributed by atoms with Gasteiger partial charge in [-0.1, -0.05) is 0 Å². The summed E-state index contributed by atoms with van der Waals surface area (Å²) in [6, 6.07) is 0. The Morgan fingerprint density at radius 1 is 1.27 bits per heavy atom. The van der Waals surface area contributed by atoms with Crippen molar-refractivity contribution >= 4 is 5.78 Å². The summed E-state index contributed by atoms with van der Waals surface area (Å²) in [7, 11) is 0. The van der Waals surface area contributed by atoms with Crippen LogP contribution in [0.5, 0.6) is 0 Å². The van der Waals surface area contributed by atoms with Gasteiger partial charge in [0.1, 0.15) is 18.1 Å². The highest BCUT2D eigenvalue weighted by Crippen LogP contribution is 2.30. The lowest BCUT2D eigenvalue weighted by molar-refractivity contribution is -0.126. The van der Waals surface area contributed by atoms with Crippen LogP contribution in [0.4, 0.5) is 8.78 Å². The van der Waals surface area contributed by atoms with Crippen LogP contribution >= 0.6 is 0 Å². The van der Waals surface area contributed by atoms with Crippen LogP contribution in [-0.2, 0) is 4.79 Å². The Morgan fingerprint density at radius 3 is 2.00 bits per heavy atom. The molecule has 1 saturated carbocycles. The predicted molar refractivity (Wildman–Crippen MR) is 37.8 cm³/mol. The number of carbonyl (C=O) groups excluding carboxylic acids is 1. The highest BCUT2D eigenvalue weighted by molar-refractivity contribution is 5.79. The first-order chi connectivity index (χ1) is 5.13. The molecule has 0 aromatic heterocycles. The Balaban J connectivity index is 2.62. The molecule has 1 fully saturated rings. The minimum Gasteiger partial charge on any atom is -0.299 e. The molecule has 0 saturated heterocycles. The Labute approximate surface area is 64.8 Å². The molecule has 1 nitrogen and oxygen atoms in total. The van der Waals surface area contributed by atoms with E-state index in [2.05, 4.69) is 0 Å². The summed E-state index contributed by atoms with van der Waals surface area (Å²) in [4.78, 5) is 10.7. The van der Waals surface area contributed by atoms with Crippen LogP contribution in [0.3, 0.4) is 0 Å². The fourth-order valence-corrected chi connectivity index (χ4v) is 1.60. The monoisotopic (exact) mass is 162 g/mol. The van der Waals surface area contributed by atoms with Gasteiger partial charge in [-0.25, -0.2) is 8.78 Å². The number of Topliss-reactive ketones (excluding diaryl/α,β-unsaturated/α-hetero) is 1. The summed E-state index contributed by atoms with van der Waals surface area (Å²) in [6.45, 7) is 1.26. The Bertz CT molecular complexity index is 148. The molecule has 0 N–H and O–H groups in total. The minimum absolute atomic E-state index is 0.338. The van der Waals surface area contributed by atoms with Crippen LogP contribution in [0.2, 0.25) is 0 Å². The number of ketones is 1. The van der Waals surface area contributed by atoms with Gasteiger partial charge in [-0.3, -0.25) is 4.79 Å². The number of alkyl halides is 2. The van der Waals surface area contributed by atoms with Crippen molar-refractivity contribution in [1.82, 2.24) is 0 Å². The Morgan fingerprint density at radius 2 is 1.73 bits per heavy atom. The molecular formula is C8H12F2O. The largest absolute Gasteiger partial charge is 0.299 e. The second-order valence-corrected chi connectivity index (χ2v) is 3.10. The maximum absolute atomic E-state index is 12.9. The van der Waals surface area contributed by atoms with E-state index in [0.29, 0.717) is 19.3 Å². The summed E-state index contributed by atoms with van der Waals surface area (Å²) in [6.07, 6.45) is -1.27. The highest BCUT2D eigenvalue weighted by Gasteiger charge is 2.36. The lowest BCUT2D eigenvalue weighted by Crippen LogP contribution is -2.35. The number of rotatable bonds is 1. The van der Waals surface area contributed by atoms with Gasteiger partial charge >= 0.3 is 0 Å². The molecule has 11 heavy (non-hydrogen) atoms. The summed E-state index contributed by atoms with van der Waals surface area (Å²) in [5.74, 6) is -1.34. The number of hydrogen-bond donors (Lipinski definition) is 0. The zero-order chi connectivity index (χ0) is 8.43. The third-order valence-corrected chi connectivity index (χ3v) is 2.21. The van der Waals surface area contributed by atoms with Gasteiger partial charge in [0.25, 0.3) is 0 Å². The van der Waals surface area contributed by atoms with Crippen molar-refractivity contribution in [3.05, 3.63) is 0 Å². The van der Waals surface area contributed by atoms with Gasteiger partial charge in [-0.05, 0) is 26.2 Å². The van der Waals surface area contributed by atoms with E-state index in [1.54, 1.807) is 0 Å². The van der Waals surface area contributed by atoms with Crippen molar-refractivity contribution in [2.24, 2.45) is 5.92 Å². The molecule has 0 aromatic rings. The summed E-state index contributed by atoms with van der Waals surface area (Å²) in [5, 5.41) is 0. The lowest BCUT2D eigenvalue weighted by Gasteiger charge is -2.26. The average molecular weight is 162 g/mol. The molecule has 2 unspecified atom stereocenters. The van der Waals surface area contributed by atoms with Gasteiger partial charge < -0.3 is 0 Å². The van der Waals surface area contributed by atoms with Gasteiger partial charge in [0.05, 0.1) is 5.92 Å². The lowest BCUT2D eigenvalue weighted by atomic mass is 9.83. The third-order valence-electron chi connectivity index (χ3n) is 2.21. The molecule has 1 aliphatic rings. The van der Waals surface area contributed by atoms with Crippen molar-refractivity contribution in [2.45, 2.75) is 38.5 Å². The SMILES string of the molecule is CC(=O)C1C(F)CCCC1F. The van der Waals surface area contributed by atoms with Gasteiger partial charge in [-0.15, -0.1) is 0 Å². The van der Waals surface area contributed by atoms with Gasteiger partial charge in [-0.2, -0.15) is 0 Å². The van der Waals surface area contributed by atoms with Crippen LogP contribution in [-0.4, -0.2) is 18.1 Å². The van der Waals surface area contributed by atoms with E-state index in [-0.39, 0.29) is 5.78 Å². The molecule has 0 aliphatic heterocycles. The van der Waals surface area contributed by atoms with Crippen molar-refractivity contribution < 1.29 is 13.6 Å². The molecule has 2 atom stereocenters. The molecule has 1 rings (SSSR count). The zero-order valence-electron chi connectivity index (χ0n) is 6.52. The van der Waals surface area contributed by atoms with Crippen LogP contribution in [0.25, 0.3) is 0 Å². The van der Waals surface area contributed by atoms with Gasteiger partial charge in [0.2, 0.25) is 0 Å². The molecular weight excluding hydrogens is 150 g/mol. The van der Waals surface area contributed by atoms with E-state index in [1.807, 2.05) is 0 Å². The van der Waals surface area contributed by atoms with Crippen molar-refractivity contribution in [2.75, 3.05) is 0 Å². The fourth-order valence-electron chi connectivity index (χ4n) is 1.60. The van der Waals surface area contributed by atoms with E-state index in [0.717, 1.165) is 0 Å². The topological polar surface area (TPSA) is 17.1 Å². The van der Waals surface area contributed by atoms with Crippen LogP contribution in [0.15, 0.2) is 0 Å². The fraction of sp³-hybridized carbons (Fsp3) is 0.875. The molecule has 1 aliphatic carbocycles. The third kappa shape index (κ3) is 1.76. The number of hydrogen-bond acceptors (Lipinski definition) is 1. The molecule has 3 heteroatoms. The first kappa shape index (κ1) is 8.62. The molecule has 64 valence electrons. The van der Waals surface area contributed by atoms with E-state index in [9.17, 15) is 13.6 Å². The van der Waals surface area contributed by atoms with Crippen molar-refractivity contribution in [1.29, 1.82) is 0 Å². The standard InChI is InChI=1S/C8H12F2O/c1-5(11)8-6(9)3-2-4-7(8)10/h6-8H,2-4H2,1H3. The maximum Gasteiger partial charge on any atom is 0.138 e. The van der Waals surface area contributed by atoms with Crippen LogP contribution < -0.4 is 0 Å². The first-order valence-electron chi connectivity index (χ1n) is 3.91. The quantitative estimate of drug-likeness (QED) is 0.576. The molecule has 0 amide bonds. The van der Waals surface area contributed by atoms with Crippen LogP contribution in [0.1, 0.15) is 26.2 Å². The van der Waals surface area contributed by atoms with E-state index in [1.165, 1.54) is 6.92 Å². The van der Waals surface area contributed by atoms with Gasteiger partial charge in [0, 0.05) is 0 Å². The molecule has 0 aromatic carbocycles. The van der Waals surface area contributed by atoms with Crippen molar-refractivity contribution in [3.63, 3.8) is 0 Å². The number of carbonyl (C=O) groups is 1. The van der Waals surface area contributed by atoms with Gasteiger partial charge in [0.15, 0.2) is 0 Å². The van der Waals surface area contributed by atoms with Crippen LogP contribution in [0, 0.1) is 5.92 Å². The van der Waals surface area contributed by atoms with E-state index >= 15 is 0 Å². The first-order valence-corrected chi connectivity index (χ1v) is 3.91. The normalized spacial score (nSPS) is 38.6. The Kier molecular flexibility index (Phi) is 2.58. The molecule has 0 bridgehead atoms. The second-order valence-electron chi connectivity index (χ2n) is 3.10. The maximum atomic E-state index is 12.9. The minimum atomic E-state index is -1.25. The predicted octanol–water partition coefficient (Wildman–Crippen LogP) is 2.05. The average Bonchev–Trinajstić information content (AvgIpc) is 1.85. The molecule has 0 heterocycles. The highest BCUT2D eigenvalue weighted by atomic mass is 19.1. The van der Waals surface area contributed by atoms with Crippen molar-refractivity contribution in [3.8, 4) is 0 Å². The zero-order valence-corrected chi connectivity index (χ0v) is 6.52. The smallest absolute Gasteiger partial charge is 0.138 e. The van der Waals surface area contributed by atoms with E-state index in [4.69, 9.17) is 0 Å². The number of halogens is 2. The summed E-state index contributed by atoms with van der Waals surface area (Å²) < 4.78 is 25.8. The summed E-state index contributed by atoms with van der Waals surface area (Å²) in [5.41, 5.74) is 0. The molecule has 0 spiro atoms. The summed E-state index contributed by atoms with van der Waals surface area (Å²) >= 11 is 0. The second kappa shape index (κ2) is 3.28.